The highest BCUT2D eigenvalue weighted by Crippen LogP contribution is 2.30. The lowest BCUT2D eigenvalue weighted by Gasteiger charge is -2.23. The molecule has 19 heavy (non-hydrogen) atoms. The molecule has 6 heteroatoms. The highest BCUT2D eigenvalue weighted by molar-refractivity contribution is 6.02. The predicted molar refractivity (Wildman–Crippen MR) is 66.9 cm³/mol. The molecule has 0 radical (unpaired) electrons. The summed E-state index contributed by atoms with van der Waals surface area (Å²) in [5, 5.41) is 0. The van der Waals surface area contributed by atoms with Gasteiger partial charge in [0.05, 0.1) is 24.8 Å². The lowest BCUT2D eigenvalue weighted by atomic mass is 10.1. The minimum Gasteiger partial charge on any atom is -0.496 e. The van der Waals surface area contributed by atoms with Crippen molar-refractivity contribution in [3.63, 3.8) is 0 Å². The van der Waals surface area contributed by atoms with E-state index >= 15 is 0 Å². The number of carbonyl (C=O) groups is 1. The number of hydrogen-bond acceptors (Lipinski definition) is 3. The second-order valence-electron chi connectivity index (χ2n) is 4.20. The average Bonchev–Trinajstić information content (AvgIpc) is 2.33. The Kier molecular flexibility index (Phi) is 4.80. The van der Waals surface area contributed by atoms with Crippen LogP contribution in [0.4, 0.5) is 18.9 Å². The quantitative estimate of drug-likeness (QED) is 0.772. The van der Waals surface area contributed by atoms with Crippen molar-refractivity contribution in [3.8, 4) is 5.75 Å². The van der Waals surface area contributed by atoms with Crippen LogP contribution in [-0.2, 0) is 0 Å². The molecule has 0 aliphatic carbocycles. The third-order valence-corrected chi connectivity index (χ3v) is 2.72. The first-order valence-electron chi connectivity index (χ1n) is 5.72. The molecule has 1 aromatic carbocycles. The van der Waals surface area contributed by atoms with E-state index in [-0.39, 0.29) is 12.3 Å². The van der Waals surface area contributed by atoms with Gasteiger partial charge < -0.3 is 9.64 Å². The number of halogens is 3. The van der Waals surface area contributed by atoms with Crippen LogP contribution in [-0.4, -0.2) is 32.7 Å². The maximum absolute atomic E-state index is 12.2. The molecule has 0 saturated carbocycles. The third-order valence-electron chi connectivity index (χ3n) is 2.72. The van der Waals surface area contributed by atoms with E-state index < -0.39 is 12.6 Å². The number of alkyl halides is 3. The Morgan fingerprint density at radius 3 is 2.47 bits per heavy atom. The zero-order chi connectivity index (χ0) is 14.6. The molecule has 3 nitrogen and oxygen atoms in total. The topological polar surface area (TPSA) is 29.5 Å². The minimum absolute atomic E-state index is 0.211. The molecular weight excluding hydrogens is 259 g/mol. The van der Waals surface area contributed by atoms with Crippen LogP contribution in [0.3, 0.4) is 0 Å². The molecule has 0 bridgehead atoms. The van der Waals surface area contributed by atoms with Crippen molar-refractivity contribution in [1.29, 1.82) is 0 Å². The zero-order valence-electron chi connectivity index (χ0n) is 11.0. The standard InChI is InChI=1S/C13H16F3NO2/c1-9(18)12-10(5-4-6-11(12)19-3)17(2)8-7-13(14,15)16/h4-6H,7-8H2,1-3H3. The fraction of sp³-hybridized carbons (Fsp3) is 0.462. The van der Waals surface area contributed by atoms with Crippen LogP contribution in [0.1, 0.15) is 23.7 Å². The number of anilines is 1. The molecule has 0 amide bonds. The Hall–Kier alpha value is -1.72. The number of benzene rings is 1. The number of ketones is 1. The van der Waals surface area contributed by atoms with Crippen molar-refractivity contribution in [1.82, 2.24) is 0 Å². The lowest BCUT2D eigenvalue weighted by Crippen LogP contribution is -2.25. The number of methoxy groups -OCH3 is 1. The second kappa shape index (κ2) is 5.95. The summed E-state index contributed by atoms with van der Waals surface area (Å²) in [5.41, 5.74) is 0.741. The van der Waals surface area contributed by atoms with E-state index in [4.69, 9.17) is 4.74 Å². The summed E-state index contributed by atoms with van der Waals surface area (Å²) < 4.78 is 41.7. The summed E-state index contributed by atoms with van der Waals surface area (Å²) >= 11 is 0. The molecule has 0 unspecified atom stereocenters. The molecular formula is C13H16F3NO2. The van der Waals surface area contributed by atoms with Crippen LogP contribution in [0.5, 0.6) is 5.75 Å². The van der Waals surface area contributed by atoms with Gasteiger partial charge in [-0.05, 0) is 19.1 Å². The van der Waals surface area contributed by atoms with E-state index in [1.165, 1.54) is 26.0 Å². The van der Waals surface area contributed by atoms with Gasteiger partial charge in [-0.25, -0.2) is 0 Å². The Bertz CT molecular complexity index is 458. The van der Waals surface area contributed by atoms with Gasteiger partial charge in [-0.2, -0.15) is 13.2 Å². The van der Waals surface area contributed by atoms with Gasteiger partial charge in [0.1, 0.15) is 5.75 Å². The van der Waals surface area contributed by atoms with Gasteiger partial charge in [0, 0.05) is 13.6 Å². The summed E-state index contributed by atoms with van der Waals surface area (Å²) in [4.78, 5) is 13.0. The minimum atomic E-state index is -4.22. The molecule has 1 aromatic rings. The van der Waals surface area contributed by atoms with E-state index in [1.807, 2.05) is 0 Å². The largest absolute Gasteiger partial charge is 0.496 e. The fourth-order valence-electron chi connectivity index (χ4n) is 1.78. The van der Waals surface area contributed by atoms with Gasteiger partial charge in [0.15, 0.2) is 5.78 Å². The number of hydrogen-bond donors (Lipinski definition) is 0. The van der Waals surface area contributed by atoms with Crippen LogP contribution >= 0.6 is 0 Å². The predicted octanol–water partition coefficient (Wildman–Crippen LogP) is 3.29. The lowest BCUT2D eigenvalue weighted by molar-refractivity contribution is -0.132. The monoisotopic (exact) mass is 275 g/mol. The van der Waals surface area contributed by atoms with Gasteiger partial charge in [-0.15, -0.1) is 0 Å². The molecule has 0 N–H and O–H groups in total. The third kappa shape index (κ3) is 4.15. The molecule has 0 saturated heterocycles. The molecule has 0 aliphatic rings. The smallest absolute Gasteiger partial charge is 0.390 e. The van der Waals surface area contributed by atoms with Crippen LogP contribution in [0.15, 0.2) is 18.2 Å². The Morgan fingerprint density at radius 1 is 1.37 bits per heavy atom. The van der Waals surface area contributed by atoms with Gasteiger partial charge in [-0.1, -0.05) is 6.07 Å². The molecule has 0 aromatic heterocycles. The maximum atomic E-state index is 12.2. The van der Waals surface area contributed by atoms with Gasteiger partial charge in [-0.3, -0.25) is 4.79 Å². The van der Waals surface area contributed by atoms with Crippen molar-refractivity contribution in [2.75, 3.05) is 25.6 Å². The van der Waals surface area contributed by atoms with Gasteiger partial charge in [0.2, 0.25) is 0 Å². The van der Waals surface area contributed by atoms with Crippen molar-refractivity contribution >= 4 is 11.5 Å². The van der Waals surface area contributed by atoms with Crippen molar-refractivity contribution < 1.29 is 22.7 Å². The first-order valence-corrected chi connectivity index (χ1v) is 5.72. The highest BCUT2D eigenvalue weighted by atomic mass is 19.4. The first kappa shape index (κ1) is 15.3. The maximum Gasteiger partial charge on any atom is 0.390 e. The average molecular weight is 275 g/mol. The molecule has 0 atom stereocenters. The number of Topliss-reactive ketones (excluding diaryl/α,β-unsaturated/α-hetero) is 1. The molecule has 106 valence electrons. The summed E-state index contributed by atoms with van der Waals surface area (Å²) in [6.45, 7) is 1.15. The Morgan fingerprint density at radius 2 is 2.00 bits per heavy atom. The van der Waals surface area contributed by atoms with Crippen LogP contribution in [0.2, 0.25) is 0 Å². The fourth-order valence-corrected chi connectivity index (χ4v) is 1.78. The number of carbonyl (C=O) groups excluding carboxylic acids is 1. The normalized spacial score (nSPS) is 11.3. The van der Waals surface area contributed by atoms with E-state index in [0.717, 1.165) is 0 Å². The summed E-state index contributed by atoms with van der Waals surface area (Å²) in [7, 11) is 2.94. The van der Waals surface area contributed by atoms with Crippen molar-refractivity contribution in [2.45, 2.75) is 19.5 Å². The Balaban J connectivity index is 3.02. The number of rotatable bonds is 5. The first-order chi connectivity index (χ1) is 8.76. The zero-order valence-corrected chi connectivity index (χ0v) is 11.0. The van der Waals surface area contributed by atoms with E-state index in [9.17, 15) is 18.0 Å². The molecule has 0 fully saturated rings. The number of nitrogens with zero attached hydrogens (tertiary/aromatic N) is 1. The van der Waals surface area contributed by atoms with Gasteiger partial charge in [0.25, 0.3) is 0 Å². The van der Waals surface area contributed by atoms with Crippen LogP contribution in [0, 0.1) is 0 Å². The van der Waals surface area contributed by atoms with Crippen molar-refractivity contribution in [2.24, 2.45) is 0 Å². The Labute approximate surface area is 110 Å². The highest BCUT2D eigenvalue weighted by Gasteiger charge is 2.28. The molecule has 1 rings (SSSR count). The number of ether oxygens (including phenoxy) is 1. The molecule has 0 aliphatic heterocycles. The van der Waals surface area contributed by atoms with E-state index in [2.05, 4.69) is 0 Å². The van der Waals surface area contributed by atoms with Gasteiger partial charge >= 0.3 is 6.18 Å². The molecule has 0 spiro atoms. The summed E-state index contributed by atoms with van der Waals surface area (Å²) in [6.07, 6.45) is -5.15. The van der Waals surface area contributed by atoms with E-state index in [1.54, 1.807) is 18.2 Å². The molecule has 0 heterocycles. The SMILES string of the molecule is COc1cccc(N(C)CCC(F)(F)F)c1C(C)=O. The van der Waals surface area contributed by atoms with Crippen molar-refractivity contribution in [3.05, 3.63) is 23.8 Å². The van der Waals surface area contributed by atoms with Crippen LogP contribution < -0.4 is 9.64 Å². The summed E-state index contributed by atoms with van der Waals surface area (Å²) in [6, 6.07) is 4.86. The van der Waals surface area contributed by atoms with E-state index in [0.29, 0.717) is 17.0 Å². The second-order valence-corrected chi connectivity index (χ2v) is 4.20. The van der Waals surface area contributed by atoms with Crippen LogP contribution in [0.25, 0.3) is 0 Å². The summed E-state index contributed by atoms with van der Waals surface area (Å²) in [5.74, 6) is 0.121.